The molecule has 0 atom stereocenters. The lowest BCUT2D eigenvalue weighted by Gasteiger charge is -2.20. The molecule has 0 saturated carbocycles. The zero-order chi connectivity index (χ0) is 12.4. The third-order valence-corrected chi connectivity index (χ3v) is 3.12. The average molecular weight is 230 g/mol. The molecule has 0 unspecified atom stereocenters. The van der Waals surface area contributed by atoms with Crippen molar-refractivity contribution in [2.24, 2.45) is 5.10 Å². The monoisotopic (exact) mass is 230 g/mol. The van der Waals surface area contributed by atoms with Crippen LogP contribution in [0.25, 0.3) is 0 Å². The molecular weight excluding hydrogens is 212 g/mol. The fourth-order valence-corrected chi connectivity index (χ4v) is 2.42. The van der Waals surface area contributed by atoms with Crippen LogP contribution in [0.15, 0.2) is 17.2 Å². The van der Waals surface area contributed by atoms with Crippen molar-refractivity contribution >= 4 is 11.6 Å². The summed E-state index contributed by atoms with van der Waals surface area (Å²) in [4.78, 5) is 10.9. The van der Waals surface area contributed by atoms with Crippen LogP contribution in [0, 0.1) is 13.8 Å². The van der Waals surface area contributed by atoms with Gasteiger partial charge in [0.15, 0.2) is 0 Å². The smallest absolute Gasteiger partial charge is 0.236 e. The Morgan fingerprint density at radius 2 is 2.06 bits per heavy atom. The lowest BCUT2D eigenvalue weighted by Crippen LogP contribution is -2.20. The Bertz CT molecular complexity index is 489. The van der Waals surface area contributed by atoms with E-state index in [2.05, 4.69) is 36.5 Å². The Hall–Kier alpha value is -1.64. The van der Waals surface area contributed by atoms with E-state index in [1.807, 2.05) is 0 Å². The Morgan fingerprint density at radius 3 is 2.76 bits per heavy atom. The van der Waals surface area contributed by atoms with E-state index in [1.165, 1.54) is 29.2 Å². The summed E-state index contributed by atoms with van der Waals surface area (Å²) in [5.41, 5.74) is 8.72. The second-order valence-corrected chi connectivity index (χ2v) is 4.69. The largest absolute Gasteiger partial charge is 0.274 e. The highest BCUT2D eigenvalue weighted by atomic mass is 16.2. The van der Waals surface area contributed by atoms with E-state index in [0.717, 1.165) is 25.0 Å². The van der Waals surface area contributed by atoms with Crippen LogP contribution in [-0.4, -0.2) is 11.6 Å². The van der Waals surface area contributed by atoms with E-state index in [4.69, 9.17) is 0 Å². The number of hydrogen-bond donors (Lipinski definition) is 1. The molecule has 0 aliphatic heterocycles. The topological polar surface area (TPSA) is 41.5 Å². The number of fused-ring (bicyclic) bond motifs is 1. The van der Waals surface area contributed by atoms with Crippen molar-refractivity contribution in [1.82, 2.24) is 5.43 Å². The normalized spacial score (nSPS) is 16.8. The zero-order valence-electron chi connectivity index (χ0n) is 10.6. The highest BCUT2D eigenvalue weighted by Gasteiger charge is 2.17. The van der Waals surface area contributed by atoms with Gasteiger partial charge in [-0.25, -0.2) is 5.43 Å². The van der Waals surface area contributed by atoms with Gasteiger partial charge in [0.1, 0.15) is 0 Å². The molecule has 0 spiro atoms. The van der Waals surface area contributed by atoms with Gasteiger partial charge in [0.25, 0.3) is 0 Å². The maximum Gasteiger partial charge on any atom is 0.236 e. The van der Waals surface area contributed by atoms with Crippen molar-refractivity contribution in [3.05, 3.63) is 34.4 Å². The van der Waals surface area contributed by atoms with E-state index in [-0.39, 0.29) is 5.91 Å². The van der Waals surface area contributed by atoms with E-state index >= 15 is 0 Å². The molecule has 90 valence electrons. The first kappa shape index (κ1) is 11.8. The quantitative estimate of drug-likeness (QED) is 0.740. The fraction of sp³-hybridized carbons (Fsp3) is 0.429. The number of aryl methyl sites for hydroxylation is 2. The number of benzene rings is 1. The number of nitrogens with one attached hydrogen (secondary N) is 1. The molecule has 1 amide bonds. The van der Waals surface area contributed by atoms with Crippen molar-refractivity contribution in [3.8, 4) is 0 Å². The third-order valence-electron chi connectivity index (χ3n) is 3.12. The minimum Gasteiger partial charge on any atom is -0.274 e. The SMILES string of the molecule is CC(=O)N/N=C1/CCCc2c(C)cc(C)cc21. The number of amides is 1. The highest BCUT2D eigenvalue weighted by Crippen LogP contribution is 2.26. The van der Waals surface area contributed by atoms with Gasteiger partial charge in [-0.3, -0.25) is 4.79 Å². The van der Waals surface area contributed by atoms with Crippen LogP contribution in [0.5, 0.6) is 0 Å². The Balaban J connectivity index is 2.43. The van der Waals surface area contributed by atoms with E-state index < -0.39 is 0 Å². The van der Waals surface area contributed by atoms with Crippen LogP contribution in [-0.2, 0) is 11.2 Å². The molecule has 1 N–H and O–H groups in total. The van der Waals surface area contributed by atoms with E-state index in [0.29, 0.717) is 0 Å². The van der Waals surface area contributed by atoms with E-state index in [9.17, 15) is 4.79 Å². The Labute approximate surface area is 102 Å². The summed E-state index contributed by atoms with van der Waals surface area (Å²) in [6.07, 6.45) is 3.16. The molecule has 2 rings (SSSR count). The van der Waals surface area contributed by atoms with Crippen LogP contribution in [0.2, 0.25) is 0 Å². The second kappa shape index (κ2) is 4.70. The summed E-state index contributed by atoms with van der Waals surface area (Å²) in [5.74, 6) is -0.117. The Morgan fingerprint density at radius 1 is 1.29 bits per heavy atom. The number of hydrazone groups is 1. The molecule has 0 aromatic heterocycles. The first-order chi connectivity index (χ1) is 8.08. The minimum atomic E-state index is -0.117. The molecule has 3 heteroatoms. The van der Waals surface area contributed by atoms with Crippen molar-refractivity contribution < 1.29 is 4.79 Å². The minimum absolute atomic E-state index is 0.117. The van der Waals surface area contributed by atoms with Gasteiger partial charge in [0.2, 0.25) is 5.91 Å². The molecule has 3 nitrogen and oxygen atoms in total. The van der Waals surface area contributed by atoms with Crippen LogP contribution < -0.4 is 5.43 Å². The van der Waals surface area contributed by atoms with E-state index in [1.54, 1.807) is 0 Å². The molecule has 17 heavy (non-hydrogen) atoms. The van der Waals surface area contributed by atoms with Gasteiger partial charge in [0.05, 0.1) is 5.71 Å². The second-order valence-electron chi connectivity index (χ2n) is 4.69. The summed E-state index contributed by atoms with van der Waals surface area (Å²) >= 11 is 0. The molecule has 0 saturated heterocycles. The van der Waals surface area contributed by atoms with Crippen molar-refractivity contribution in [3.63, 3.8) is 0 Å². The standard InChI is InChI=1S/C14H18N2O/c1-9-7-10(2)12-5-4-6-14(13(12)8-9)16-15-11(3)17/h7-8H,4-6H2,1-3H3,(H,15,17)/b16-14-. The zero-order valence-corrected chi connectivity index (χ0v) is 10.6. The number of hydrogen-bond acceptors (Lipinski definition) is 2. The van der Waals surface area contributed by atoms with Gasteiger partial charge in [-0.2, -0.15) is 5.10 Å². The lowest BCUT2D eigenvalue weighted by atomic mass is 9.86. The predicted octanol–water partition coefficient (Wildman–Crippen LogP) is 2.48. The molecule has 0 fully saturated rings. The van der Waals surface area contributed by atoms with Crippen LogP contribution in [0.3, 0.4) is 0 Å². The molecule has 1 aromatic carbocycles. The summed E-state index contributed by atoms with van der Waals surface area (Å²) in [5, 5.41) is 4.22. The molecule has 1 aliphatic carbocycles. The van der Waals surface area contributed by atoms with Gasteiger partial charge in [-0.05, 0) is 50.3 Å². The molecule has 1 aliphatic rings. The van der Waals surface area contributed by atoms with Gasteiger partial charge in [-0.1, -0.05) is 11.6 Å². The van der Waals surface area contributed by atoms with Crippen molar-refractivity contribution in [2.45, 2.75) is 40.0 Å². The van der Waals surface area contributed by atoms with Gasteiger partial charge < -0.3 is 0 Å². The maximum atomic E-state index is 10.9. The molecule has 0 radical (unpaired) electrons. The number of rotatable bonds is 1. The number of carbonyl (C=O) groups is 1. The van der Waals surface area contributed by atoms with Crippen LogP contribution in [0.4, 0.5) is 0 Å². The first-order valence-electron chi connectivity index (χ1n) is 6.01. The molecule has 0 heterocycles. The highest BCUT2D eigenvalue weighted by molar-refractivity contribution is 6.03. The van der Waals surface area contributed by atoms with Crippen molar-refractivity contribution in [1.29, 1.82) is 0 Å². The van der Waals surface area contributed by atoms with Gasteiger partial charge >= 0.3 is 0 Å². The first-order valence-corrected chi connectivity index (χ1v) is 6.01. The molecular formula is C14H18N2O. The lowest BCUT2D eigenvalue weighted by molar-refractivity contribution is -0.118. The third kappa shape index (κ3) is 2.54. The molecule has 1 aromatic rings. The van der Waals surface area contributed by atoms with Gasteiger partial charge in [0, 0.05) is 12.5 Å². The molecule has 0 bridgehead atoms. The average Bonchev–Trinajstić information content (AvgIpc) is 2.26. The number of carbonyl (C=O) groups excluding carboxylic acids is 1. The Kier molecular flexibility index (Phi) is 3.27. The van der Waals surface area contributed by atoms with Crippen LogP contribution in [0.1, 0.15) is 42.0 Å². The van der Waals surface area contributed by atoms with Crippen LogP contribution >= 0.6 is 0 Å². The maximum absolute atomic E-state index is 10.9. The predicted molar refractivity (Wildman–Crippen MR) is 69.2 cm³/mol. The number of nitrogens with zero attached hydrogens (tertiary/aromatic N) is 1. The summed E-state index contributed by atoms with van der Waals surface area (Å²) in [7, 11) is 0. The summed E-state index contributed by atoms with van der Waals surface area (Å²) < 4.78 is 0. The van der Waals surface area contributed by atoms with Gasteiger partial charge in [-0.15, -0.1) is 0 Å². The summed E-state index contributed by atoms with van der Waals surface area (Å²) in [6.45, 7) is 5.72. The van der Waals surface area contributed by atoms with Crippen molar-refractivity contribution in [2.75, 3.05) is 0 Å². The summed E-state index contributed by atoms with van der Waals surface area (Å²) in [6, 6.07) is 4.38. The fourth-order valence-electron chi connectivity index (χ4n) is 2.42.